The molecule has 0 aliphatic carbocycles. The van der Waals surface area contributed by atoms with Crippen LogP contribution in [0, 0.1) is 0 Å². The van der Waals surface area contributed by atoms with Crippen molar-refractivity contribution in [3.05, 3.63) is 40.9 Å². The van der Waals surface area contributed by atoms with E-state index >= 15 is 0 Å². The lowest BCUT2D eigenvalue weighted by molar-refractivity contribution is 1.02. The van der Waals surface area contributed by atoms with E-state index in [1.165, 1.54) is 9.80 Å². The molecule has 2 rings (SSSR count). The van der Waals surface area contributed by atoms with E-state index in [9.17, 15) is 0 Å². The molecule has 1 aliphatic rings. The Balaban J connectivity index is 0.00000162. The number of halogens is 2. The number of rotatable bonds is 3. The van der Waals surface area contributed by atoms with E-state index in [2.05, 4.69) is 22.4 Å². The maximum Gasteiger partial charge on any atom is 0.160 e. The molecule has 1 N–H and O–H groups in total. The van der Waals surface area contributed by atoms with Gasteiger partial charge < -0.3 is 5.32 Å². The fourth-order valence-electron chi connectivity index (χ4n) is 1.43. The summed E-state index contributed by atoms with van der Waals surface area (Å²) in [6, 6.07) is 10.3. The van der Waals surface area contributed by atoms with Gasteiger partial charge in [-0.05, 0) is 18.4 Å². The Hall–Kier alpha value is -0.290. The highest BCUT2D eigenvalue weighted by molar-refractivity contribution is 8.13. The van der Waals surface area contributed by atoms with Crippen LogP contribution in [0.5, 0.6) is 0 Å². The van der Waals surface area contributed by atoms with Crippen molar-refractivity contribution in [1.82, 2.24) is 5.32 Å². The molecule has 0 bridgehead atoms. The lowest BCUT2D eigenvalue weighted by Crippen LogP contribution is -2.26. The zero-order valence-electron chi connectivity index (χ0n) is 9.85. The average Bonchev–Trinajstić information content (AvgIpc) is 2.40. The summed E-state index contributed by atoms with van der Waals surface area (Å²) in [7, 11) is 0. The Labute approximate surface area is 127 Å². The molecule has 1 aromatic rings. The van der Waals surface area contributed by atoms with Crippen molar-refractivity contribution in [1.29, 1.82) is 0 Å². The Morgan fingerprint density at radius 3 is 2.67 bits per heavy atom. The van der Waals surface area contributed by atoms with E-state index in [0.717, 1.165) is 10.9 Å². The predicted molar refractivity (Wildman–Crippen MR) is 86.2 cm³/mol. The summed E-state index contributed by atoms with van der Waals surface area (Å²) in [6.45, 7) is 0.713. The first kappa shape index (κ1) is 15.8. The maximum atomic E-state index is 5.97. The SMILES string of the molecule is CSC1=NCC(Sc2ccccc2)=C(CCl)N1.Cl. The van der Waals surface area contributed by atoms with Crippen LogP contribution in [0.15, 0.2) is 50.8 Å². The third-order valence-corrected chi connectivity index (χ3v) is 4.29. The fourth-order valence-corrected chi connectivity index (χ4v) is 3.11. The number of alkyl halides is 1. The molecule has 0 atom stereocenters. The van der Waals surface area contributed by atoms with Crippen molar-refractivity contribution in [2.45, 2.75) is 4.90 Å². The van der Waals surface area contributed by atoms with Gasteiger partial charge in [0.25, 0.3) is 0 Å². The van der Waals surface area contributed by atoms with Crippen molar-refractivity contribution in [3.63, 3.8) is 0 Å². The Bertz CT molecular complexity index is 447. The highest BCUT2D eigenvalue weighted by Gasteiger charge is 2.14. The molecular weight excluding hydrogens is 307 g/mol. The molecule has 0 aromatic heterocycles. The fraction of sp³-hybridized carbons (Fsp3) is 0.250. The van der Waals surface area contributed by atoms with Gasteiger partial charge in [-0.15, -0.1) is 24.0 Å². The van der Waals surface area contributed by atoms with Gasteiger partial charge in [-0.2, -0.15) is 0 Å². The van der Waals surface area contributed by atoms with Crippen LogP contribution < -0.4 is 5.32 Å². The maximum absolute atomic E-state index is 5.97. The molecule has 0 unspecified atom stereocenters. The molecule has 0 spiro atoms. The molecule has 1 aliphatic heterocycles. The van der Waals surface area contributed by atoms with Crippen LogP contribution in [0.1, 0.15) is 0 Å². The summed E-state index contributed by atoms with van der Waals surface area (Å²) in [5, 5.41) is 4.21. The van der Waals surface area contributed by atoms with E-state index in [4.69, 9.17) is 11.6 Å². The Morgan fingerprint density at radius 2 is 2.06 bits per heavy atom. The Kier molecular flexibility index (Phi) is 7.00. The minimum Gasteiger partial charge on any atom is -0.337 e. The third kappa shape index (κ3) is 4.12. The molecule has 1 heterocycles. The van der Waals surface area contributed by atoms with E-state index in [0.29, 0.717) is 12.4 Å². The number of benzene rings is 1. The van der Waals surface area contributed by atoms with Crippen molar-refractivity contribution in [3.8, 4) is 0 Å². The molecule has 0 saturated carbocycles. The first-order valence-corrected chi connectivity index (χ1v) is 7.77. The van der Waals surface area contributed by atoms with Gasteiger partial charge >= 0.3 is 0 Å². The summed E-state index contributed by atoms with van der Waals surface area (Å²) in [5.41, 5.74) is 1.07. The van der Waals surface area contributed by atoms with Crippen LogP contribution in [-0.2, 0) is 0 Å². The van der Waals surface area contributed by atoms with Crippen LogP contribution in [-0.4, -0.2) is 23.8 Å². The van der Waals surface area contributed by atoms with Gasteiger partial charge in [0.05, 0.1) is 12.4 Å². The van der Waals surface area contributed by atoms with Crippen LogP contribution in [0.3, 0.4) is 0 Å². The molecule has 0 radical (unpaired) electrons. The van der Waals surface area contributed by atoms with Gasteiger partial charge in [0.2, 0.25) is 0 Å². The van der Waals surface area contributed by atoms with E-state index in [-0.39, 0.29) is 12.4 Å². The van der Waals surface area contributed by atoms with E-state index in [1.54, 1.807) is 23.5 Å². The number of hydrogen-bond donors (Lipinski definition) is 1. The summed E-state index contributed by atoms with van der Waals surface area (Å²) in [6.07, 6.45) is 2.01. The number of nitrogens with zero attached hydrogens (tertiary/aromatic N) is 1. The molecule has 6 heteroatoms. The number of hydrogen-bond acceptors (Lipinski definition) is 4. The number of thioether (sulfide) groups is 2. The first-order chi connectivity index (χ1) is 8.33. The minimum atomic E-state index is 0. The summed E-state index contributed by atoms with van der Waals surface area (Å²) >= 11 is 9.30. The van der Waals surface area contributed by atoms with Crippen molar-refractivity contribution < 1.29 is 0 Å². The second kappa shape index (κ2) is 8.00. The minimum absolute atomic E-state index is 0. The normalized spacial score (nSPS) is 14.7. The van der Waals surface area contributed by atoms with Gasteiger partial charge in [0, 0.05) is 15.5 Å². The quantitative estimate of drug-likeness (QED) is 0.853. The molecule has 98 valence electrons. The van der Waals surface area contributed by atoms with E-state index < -0.39 is 0 Å². The van der Waals surface area contributed by atoms with Gasteiger partial charge in [0.1, 0.15) is 0 Å². The molecule has 2 nitrogen and oxygen atoms in total. The van der Waals surface area contributed by atoms with Crippen molar-refractivity contribution in [2.24, 2.45) is 4.99 Å². The summed E-state index contributed by atoms with van der Waals surface area (Å²) in [5.74, 6) is 0.495. The topological polar surface area (TPSA) is 24.4 Å². The summed E-state index contributed by atoms with van der Waals surface area (Å²) < 4.78 is 0. The average molecular weight is 321 g/mol. The number of allylic oxidation sites excluding steroid dienone is 1. The molecule has 0 saturated heterocycles. The zero-order chi connectivity index (χ0) is 12.1. The van der Waals surface area contributed by atoms with Crippen molar-refractivity contribution >= 4 is 52.7 Å². The van der Waals surface area contributed by atoms with Crippen LogP contribution >= 0.6 is 47.5 Å². The van der Waals surface area contributed by atoms with Crippen molar-refractivity contribution in [2.75, 3.05) is 18.7 Å². The number of aliphatic imine (C=N–C) groups is 1. The molecule has 18 heavy (non-hydrogen) atoms. The number of nitrogens with one attached hydrogen (secondary N) is 1. The largest absolute Gasteiger partial charge is 0.337 e. The van der Waals surface area contributed by atoms with Crippen LogP contribution in [0.4, 0.5) is 0 Å². The third-order valence-electron chi connectivity index (χ3n) is 2.27. The Morgan fingerprint density at radius 1 is 1.33 bits per heavy atom. The van der Waals surface area contributed by atoms with Gasteiger partial charge in [0.15, 0.2) is 5.17 Å². The van der Waals surface area contributed by atoms with E-state index in [1.807, 2.05) is 24.5 Å². The number of amidine groups is 1. The van der Waals surface area contributed by atoms with Crippen LogP contribution in [0.25, 0.3) is 0 Å². The first-order valence-electron chi connectivity index (χ1n) is 5.20. The molecule has 0 fully saturated rings. The second-order valence-electron chi connectivity index (χ2n) is 3.40. The highest BCUT2D eigenvalue weighted by atomic mass is 35.5. The monoisotopic (exact) mass is 320 g/mol. The second-order valence-corrected chi connectivity index (χ2v) is 5.63. The summed E-state index contributed by atoms with van der Waals surface area (Å²) in [4.78, 5) is 6.87. The lowest BCUT2D eigenvalue weighted by atomic mass is 10.4. The van der Waals surface area contributed by atoms with Gasteiger partial charge in [-0.1, -0.05) is 41.7 Å². The van der Waals surface area contributed by atoms with Gasteiger partial charge in [-0.25, -0.2) is 0 Å². The smallest absolute Gasteiger partial charge is 0.160 e. The molecular formula is C12H14Cl2N2S2. The standard InChI is InChI=1S/C12H13ClN2S2.ClH/c1-16-12-14-8-11(10(7-13)15-12)17-9-5-3-2-4-6-9;/h2-6H,7-8H2,1H3,(H,14,15);1H. The molecule has 1 aromatic carbocycles. The highest BCUT2D eigenvalue weighted by Crippen LogP contribution is 2.30. The molecule has 0 amide bonds. The van der Waals surface area contributed by atoms with Gasteiger partial charge in [-0.3, -0.25) is 4.99 Å². The van der Waals surface area contributed by atoms with Crippen LogP contribution in [0.2, 0.25) is 0 Å². The predicted octanol–water partition coefficient (Wildman–Crippen LogP) is 3.97. The zero-order valence-corrected chi connectivity index (χ0v) is 13.1. The lowest BCUT2D eigenvalue weighted by Gasteiger charge is -2.19.